The number of nitrogens with zero attached hydrogens (tertiary/aromatic N) is 1. The SMILES string of the molecule is CC(=O)c1csc(C(=O)N2CCCCC2CCC(=O)O)c1. The van der Waals surface area contributed by atoms with Gasteiger partial charge in [0.25, 0.3) is 5.91 Å². The molecule has 0 bridgehead atoms. The van der Waals surface area contributed by atoms with E-state index in [-0.39, 0.29) is 24.2 Å². The summed E-state index contributed by atoms with van der Waals surface area (Å²) in [5.41, 5.74) is 0.558. The van der Waals surface area contributed by atoms with Crippen LogP contribution in [0.15, 0.2) is 11.4 Å². The molecule has 21 heavy (non-hydrogen) atoms. The Morgan fingerprint density at radius 1 is 1.38 bits per heavy atom. The van der Waals surface area contributed by atoms with E-state index in [4.69, 9.17) is 5.11 Å². The quantitative estimate of drug-likeness (QED) is 0.849. The normalized spacial score (nSPS) is 18.5. The zero-order chi connectivity index (χ0) is 15.4. The van der Waals surface area contributed by atoms with E-state index < -0.39 is 5.97 Å². The molecule has 1 aliphatic rings. The maximum atomic E-state index is 12.6. The number of piperidine rings is 1. The number of ketones is 1. The molecule has 2 heterocycles. The molecule has 2 rings (SSSR count). The van der Waals surface area contributed by atoms with Crippen LogP contribution in [0.2, 0.25) is 0 Å². The minimum Gasteiger partial charge on any atom is -0.481 e. The van der Waals surface area contributed by atoms with Crippen molar-refractivity contribution < 1.29 is 19.5 Å². The Morgan fingerprint density at radius 3 is 2.76 bits per heavy atom. The highest BCUT2D eigenvalue weighted by molar-refractivity contribution is 7.12. The van der Waals surface area contributed by atoms with Gasteiger partial charge in [0.2, 0.25) is 0 Å². The molecule has 0 spiro atoms. The lowest BCUT2D eigenvalue weighted by Crippen LogP contribution is -2.43. The number of carbonyl (C=O) groups is 3. The molecule has 1 unspecified atom stereocenters. The molecule has 1 aliphatic heterocycles. The molecular weight excluding hydrogens is 290 g/mol. The first-order chi connectivity index (χ1) is 9.99. The van der Waals surface area contributed by atoms with Crippen molar-refractivity contribution in [2.75, 3.05) is 6.54 Å². The molecule has 0 aromatic carbocycles. The van der Waals surface area contributed by atoms with Gasteiger partial charge in [-0.05, 0) is 38.7 Å². The summed E-state index contributed by atoms with van der Waals surface area (Å²) in [6, 6.07) is 1.63. The van der Waals surface area contributed by atoms with Gasteiger partial charge in [0.05, 0.1) is 4.88 Å². The maximum absolute atomic E-state index is 12.6. The van der Waals surface area contributed by atoms with Gasteiger partial charge >= 0.3 is 5.97 Å². The van der Waals surface area contributed by atoms with Crippen LogP contribution < -0.4 is 0 Å². The lowest BCUT2D eigenvalue weighted by molar-refractivity contribution is -0.137. The van der Waals surface area contributed by atoms with E-state index in [0.717, 1.165) is 19.3 Å². The summed E-state index contributed by atoms with van der Waals surface area (Å²) in [4.78, 5) is 36.9. The summed E-state index contributed by atoms with van der Waals surface area (Å²) in [7, 11) is 0. The number of likely N-dealkylation sites (tertiary alicyclic amines) is 1. The average Bonchev–Trinajstić information content (AvgIpc) is 2.94. The molecule has 6 heteroatoms. The number of thiophene rings is 1. The van der Waals surface area contributed by atoms with Gasteiger partial charge in [-0.2, -0.15) is 0 Å². The lowest BCUT2D eigenvalue weighted by Gasteiger charge is -2.35. The van der Waals surface area contributed by atoms with E-state index in [0.29, 0.717) is 23.4 Å². The Balaban J connectivity index is 2.10. The minimum absolute atomic E-state index is 0.00905. The third kappa shape index (κ3) is 3.91. The molecule has 1 aromatic heterocycles. The monoisotopic (exact) mass is 309 g/mol. The van der Waals surface area contributed by atoms with Gasteiger partial charge in [-0.1, -0.05) is 0 Å². The van der Waals surface area contributed by atoms with Gasteiger partial charge in [0, 0.05) is 30.0 Å². The standard InChI is InChI=1S/C15H19NO4S/c1-10(17)11-8-13(21-9-11)15(20)16-7-3-2-4-12(16)5-6-14(18)19/h8-9,12H,2-7H2,1H3,(H,18,19). The number of hydrogen-bond acceptors (Lipinski definition) is 4. The first-order valence-electron chi connectivity index (χ1n) is 7.11. The average molecular weight is 309 g/mol. The van der Waals surface area contributed by atoms with E-state index in [1.165, 1.54) is 18.3 Å². The van der Waals surface area contributed by atoms with Gasteiger partial charge < -0.3 is 10.0 Å². The summed E-state index contributed by atoms with van der Waals surface area (Å²) < 4.78 is 0. The van der Waals surface area contributed by atoms with Crippen LogP contribution in [0.3, 0.4) is 0 Å². The molecule has 0 aliphatic carbocycles. The van der Waals surface area contributed by atoms with E-state index in [1.807, 2.05) is 0 Å². The number of carboxylic acid groups (broad SMARTS) is 1. The summed E-state index contributed by atoms with van der Waals surface area (Å²) in [6.07, 6.45) is 3.39. The van der Waals surface area contributed by atoms with Crippen molar-refractivity contribution in [2.45, 2.75) is 45.1 Å². The molecule has 0 saturated carbocycles. The van der Waals surface area contributed by atoms with Crippen molar-refractivity contribution >= 4 is 29.0 Å². The second kappa shape index (κ2) is 6.85. The number of carboxylic acids is 1. The number of rotatable bonds is 5. The van der Waals surface area contributed by atoms with Crippen molar-refractivity contribution in [1.29, 1.82) is 0 Å². The van der Waals surface area contributed by atoms with Crippen LogP contribution in [-0.4, -0.2) is 40.3 Å². The Kier molecular flexibility index (Phi) is 5.12. The summed E-state index contributed by atoms with van der Waals surface area (Å²) >= 11 is 1.28. The minimum atomic E-state index is -0.831. The first-order valence-corrected chi connectivity index (χ1v) is 7.99. The molecule has 1 atom stereocenters. The van der Waals surface area contributed by atoms with Crippen molar-refractivity contribution in [1.82, 2.24) is 4.90 Å². The predicted octanol–water partition coefficient (Wildman–Crippen LogP) is 2.81. The summed E-state index contributed by atoms with van der Waals surface area (Å²) in [6.45, 7) is 2.14. The smallest absolute Gasteiger partial charge is 0.303 e. The molecule has 0 radical (unpaired) electrons. The number of hydrogen-bond donors (Lipinski definition) is 1. The predicted molar refractivity (Wildman–Crippen MR) is 79.9 cm³/mol. The van der Waals surface area contributed by atoms with Crippen molar-refractivity contribution in [3.63, 3.8) is 0 Å². The fourth-order valence-electron chi connectivity index (χ4n) is 2.63. The van der Waals surface area contributed by atoms with Crippen molar-refractivity contribution in [3.05, 3.63) is 21.9 Å². The van der Waals surface area contributed by atoms with Gasteiger partial charge in [-0.15, -0.1) is 11.3 Å². The van der Waals surface area contributed by atoms with Crippen molar-refractivity contribution in [3.8, 4) is 0 Å². The molecular formula is C15H19NO4S. The maximum Gasteiger partial charge on any atom is 0.303 e. The van der Waals surface area contributed by atoms with Gasteiger partial charge in [0.1, 0.15) is 0 Å². The molecule has 1 aromatic rings. The number of Topliss-reactive ketones (excluding diaryl/α,β-unsaturated/α-hetero) is 1. The first kappa shape index (κ1) is 15.7. The molecule has 1 amide bonds. The molecule has 114 valence electrons. The van der Waals surface area contributed by atoms with Crippen molar-refractivity contribution in [2.24, 2.45) is 0 Å². The zero-order valence-corrected chi connectivity index (χ0v) is 12.8. The second-order valence-corrected chi connectivity index (χ2v) is 6.25. The van der Waals surface area contributed by atoms with Gasteiger partial charge in [-0.25, -0.2) is 0 Å². The van der Waals surface area contributed by atoms with E-state index in [2.05, 4.69) is 0 Å². The third-order valence-corrected chi connectivity index (χ3v) is 4.71. The third-order valence-electron chi connectivity index (χ3n) is 3.80. The molecule has 1 N–H and O–H groups in total. The highest BCUT2D eigenvalue weighted by Crippen LogP contribution is 2.25. The number of carbonyl (C=O) groups excluding carboxylic acids is 2. The highest BCUT2D eigenvalue weighted by atomic mass is 32.1. The Hall–Kier alpha value is -1.69. The summed E-state index contributed by atoms with van der Waals surface area (Å²) in [5, 5.41) is 10.5. The van der Waals surface area contributed by atoms with Crippen LogP contribution in [0.1, 0.15) is 59.1 Å². The number of amides is 1. The van der Waals surface area contributed by atoms with Crippen LogP contribution in [0, 0.1) is 0 Å². The van der Waals surface area contributed by atoms with Crippen LogP contribution >= 0.6 is 11.3 Å². The Morgan fingerprint density at radius 2 is 2.14 bits per heavy atom. The fourth-order valence-corrected chi connectivity index (χ4v) is 3.53. The van der Waals surface area contributed by atoms with E-state index in [1.54, 1.807) is 16.3 Å². The van der Waals surface area contributed by atoms with Crippen LogP contribution in [0.5, 0.6) is 0 Å². The van der Waals surface area contributed by atoms with Gasteiger partial charge in [0.15, 0.2) is 5.78 Å². The largest absolute Gasteiger partial charge is 0.481 e. The van der Waals surface area contributed by atoms with Crippen LogP contribution in [0.4, 0.5) is 0 Å². The second-order valence-electron chi connectivity index (χ2n) is 5.34. The Labute approximate surface area is 127 Å². The zero-order valence-electron chi connectivity index (χ0n) is 12.0. The van der Waals surface area contributed by atoms with E-state index in [9.17, 15) is 14.4 Å². The summed E-state index contributed by atoms with van der Waals surface area (Å²) in [5.74, 6) is -0.961. The molecule has 1 saturated heterocycles. The molecule has 5 nitrogen and oxygen atoms in total. The van der Waals surface area contributed by atoms with E-state index >= 15 is 0 Å². The Bertz CT molecular complexity index is 552. The van der Waals surface area contributed by atoms with Gasteiger partial charge in [-0.3, -0.25) is 14.4 Å². The van der Waals surface area contributed by atoms with Crippen LogP contribution in [-0.2, 0) is 4.79 Å². The lowest BCUT2D eigenvalue weighted by atomic mass is 9.97. The topological polar surface area (TPSA) is 74.7 Å². The highest BCUT2D eigenvalue weighted by Gasteiger charge is 2.28. The molecule has 1 fully saturated rings. The van der Waals surface area contributed by atoms with Crippen LogP contribution in [0.25, 0.3) is 0 Å². The number of aliphatic carboxylic acids is 1. The fraction of sp³-hybridized carbons (Fsp3) is 0.533.